The van der Waals surface area contributed by atoms with Gasteiger partial charge in [0.1, 0.15) is 0 Å². The Morgan fingerprint density at radius 2 is 2.05 bits per heavy atom. The molecule has 1 aliphatic rings. The van der Waals surface area contributed by atoms with E-state index in [0.29, 0.717) is 0 Å². The first kappa shape index (κ1) is 17.3. The van der Waals surface area contributed by atoms with Crippen LogP contribution in [0.15, 0.2) is 11.6 Å². The van der Waals surface area contributed by atoms with Crippen molar-refractivity contribution in [3.63, 3.8) is 0 Å². The number of nitrogens with zero attached hydrogens (tertiary/aromatic N) is 1. The second kappa shape index (κ2) is 6.82. The van der Waals surface area contributed by atoms with Crippen molar-refractivity contribution in [2.45, 2.75) is 26.4 Å². The van der Waals surface area contributed by atoms with Crippen LogP contribution in [0.2, 0.25) is 0 Å². The number of carboxylic acid groups (broad SMARTS) is 1. The third-order valence-corrected chi connectivity index (χ3v) is 3.46. The standard InChI is InChI=1S/C13H19F3N2O3/c1-8(2)10(11(19)20)7-17-12(21)18-5-3-9(4-6-18)13(14,15)16/h3,8,10H,4-7H2,1-2H3,(H,17,21)(H,19,20). The van der Waals surface area contributed by atoms with Crippen LogP contribution in [0.5, 0.6) is 0 Å². The van der Waals surface area contributed by atoms with E-state index in [0.717, 1.165) is 6.08 Å². The molecule has 0 radical (unpaired) electrons. The summed E-state index contributed by atoms with van der Waals surface area (Å²) in [7, 11) is 0. The number of carbonyl (C=O) groups is 2. The van der Waals surface area contributed by atoms with Crippen LogP contribution in [0.3, 0.4) is 0 Å². The van der Waals surface area contributed by atoms with E-state index >= 15 is 0 Å². The van der Waals surface area contributed by atoms with Crippen molar-refractivity contribution in [3.05, 3.63) is 11.6 Å². The van der Waals surface area contributed by atoms with E-state index in [4.69, 9.17) is 5.11 Å². The van der Waals surface area contributed by atoms with Crippen LogP contribution in [0, 0.1) is 11.8 Å². The number of amides is 2. The van der Waals surface area contributed by atoms with Crippen LogP contribution in [0.4, 0.5) is 18.0 Å². The highest BCUT2D eigenvalue weighted by Gasteiger charge is 2.35. The van der Waals surface area contributed by atoms with Crippen LogP contribution in [-0.2, 0) is 4.79 Å². The average Bonchev–Trinajstić information content (AvgIpc) is 2.37. The monoisotopic (exact) mass is 308 g/mol. The Bertz CT molecular complexity index is 433. The molecular weight excluding hydrogens is 289 g/mol. The zero-order valence-corrected chi connectivity index (χ0v) is 11.9. The fourth-order valence-corrected chi connectivity index (χ4v) is 2.03. The summed E-state index contributed by atoms with van der Waals surface area (Å²) in [6.45, 7) is 3.25. The van der Waals surface area contributed by atoms with E-state index in [-0.39, 0.29) is 32.0 Å². The van der Waals surface area contributed by atoms with Crippen LogP contribution in [0.25, 0.3) is 0 Å². The number of hydrogen-bond acceptors (Lipinski definition) is 2. The molecule has 21 heavy (non-hydrogen) atoms. The molecule has 0 saturated heterocycles. The first-order chi connectivity index (χ1) is 9.62. The maximum absolute atomic E-state index is 12.4. The fourth-order valence-electron chi connectivity index (χ4n) is 2.03. The van der Waals surface area contributed by atoms with Crippen molar-refractivity contribution in [2.24, 2.45) is 11.8 Å². The molecule has 2 N–H and O–H groups in total. The van der Waals surface area contributed by atoms with Gasteiger partial charge in [-0.25, -0.2) is 4.79 Å². The number of carboxylic acids is 1. The number of hydrogen-bond donors (Lipinski definition) is 2. The van der Waals surface area contributed by atoms with E-state index in [1.165, 1.54) is 4.90 Å². The Morgan fingerprint density at radius 3 is 2.43 bits per heavy atom. The second-order valence-electron chi connectivity index (χ2n) is 5.30. The van der Waals surface area contributed by atoms with E-state index in [9.17, 15) is 22.8 Å². The van der Waals surface area contributed by atoms with E-state index in [2.05, 4.69) is 5.32 Å². The van der Waals surface area contributed by atoms with Gasteiger partial charge < -0.3 is 15.3 Å². The molecule has 0 saturated carbocycles. The number of rotatable bonds is 4. The number of alkyl halides is 3. The summed E-state index contributed by atoms with van der Waals surface area (Å²) in [5, 5.41) is 11.5. The van der Waals surface area contributed by atoms with Gasteiger partial charge in [0.15, 0.2) is 0 Å². The van der Waals surface area contributed by atoms with Crippen LogP contribution < -0.4 is 5.32 Å². The number of aliphatic carboxylic acids is 1. The molecule has 1 rings (SSSR count). The van der Waals surface area contributed by atoms with E-state index < -0.39 is 29.7 Å². The Hall–Kier alpha value is -1.73. The molecular formula is C13H19F3N2O3. The van der Waals surface area contributed by atoms with Crippen molar-refractivity contribution in [1.82, 2.24) is 10.2 Å². The lowest BCUT2D eigenvalue weighted by molar-refractivity contribution is -0.143. The molecule has 0 aromatic rings. The topological polar surface area (TPSA) is 69.6 Å². The van der Waals surface area contributed by atoms with Crippen LogP contribution >= 0.6 is 0 Å². The van der Waals surface area contributed by atoms with E-state index in [1.54, 1.807) is 13.8 Å². The maximum atomic E-state index is 12.4. The van der Waals surface area contributed by atoms with Gasteiger partial charge in [0, 0.05) is 25.2 Å². The first-order valence-electron chi connectivity index (χ1n) is 6.64. The number of halogens is 3. The second-order valence-corrected chi connectivity index (χ2v) is 5.30. The molecule has 120 valence electrons. The quantitative estimate of drug-likeness (QED) is 0.783. The van der Waals surface area contributed by atoms with Crippen molar-refractivity contribution in [2.75, 3.05) is 19.6 Å². The van der Waals surface area contributed by atoms with Crippen molar-refractivity contribution in [3.8, 4) is 0 Å². The third kappa shape index (κ3) is 4.95. The summed E-state index contributed by atoms with van der Waals surface area (Å²) >= 11 is 0. The highest BCUT2D eigenvalue weighted by Crippen LogP contribution is 2.30. The molecule has 0 spiro atoms. The lowest BCUT2D eigenvalue weighted by Crippen LogP contribution is -2.46. The molecule has 0 fully saturated rings. The summed E-state index contributed by atoms with van der Waals surface area (Å²) in [4.78, 5) is 24.0. The maximum Gasteiger partial charge on any atom is 0.412 e. The lowest BCUT2D eigenvalue weighted by atomic mass is 9.96. The molecule has 0 aliphatic carbocycles. The fraction of sp³-hybridized carbons (Fsp3) is 0.692. The predicted molar refractivity (Wildman–Crippen MR) is 69.7 cm³/mol. The summed E-state index contributed by atoms with van der Waals surface area (Å²) in [5.41, 5.74) is -0.628. The summed E-state index contributed by atoms with van der Waals surface area (Å²) in [5.74, 6) is -1.89. The van der Waals surface area contributed by atoms with Gasteiger partial charge in [0.25, 0.3) is 0 Å². The van der Waals surface area contributed by atoms with Gasteiger partial charge in [-0.15, -0.1) is 0 Å². The highest BCUT2D eigenvalue weighted by atomic mass is 19.4. The Balaban J connectivity index is 2.52. The van der Waals surface area contributed by atoms with Gasteiger partial charge in [-0.1, -0.05) is 19.9 Å². The zero-order chi connectivity index (χ0) is 16.2. The van der Waals surface area contributed by atoms with Gasteiger partial charge in [-0.05, 0) is 12.3 Å². The van der Waals surface area contributed by atoms with Crippen LogP contribution in [-0.4, -0.2) is 47.8 Å². The third-order valence-electron chi connectivity index (χ3n) is 3.46. The van der Waals surface area contributed by atoms with Crippen molar-refractivity contribution < 1.29 is 27.9 Å². The Labute approximate surface area is 120 Å². The van der Waals surface area contributed by atoms with Crippen molar-refractivity contribution >= 4 is 12.0 Å². The zero-order valence-electron chi connectivity index (χ0n) is 11.9. The minimum absolute atomic E-state index is 0.0312. The molecule has 5 nitrogen and oxygen atoms in total. The molecule has 1 aliphatic heterocycles. The SMILES string of the molecule is CC(C)C(CNC(=O)N1CC=C(C(F)(F)F)CC1)C(=O)O. The van der Waals surface area contributed by atoms with Gasteiger partial charge in [0.05, 0.1) is 5.92 Å². The predicted octanol–water partition coefficient (Wildman–Crippen LogP) is 2.25. The highest BCUT2D eigenvalue weighted by molar-refractivity contribution is 5.76. The van der Waals surface area contributed by atoms with Gasteiger partial charge in [0.2, 0.25) is 0 Å². The molecule has 1 heterocycles. The normalized spacial score (nSPS) is 17.4. The number of carbonyl (C=O) groups excluding carboxylic acids is 1. The Kier molecular flexibility index (Phi) is 5.62. The van der Waals surface area contributed by atoms with Crippen molar-refractivity contribution in [1.29, 1.82) is 0 Å². The number of urea groups is 1. The Morgan fingerprint density at radius 1 is 1.43 bits per heavy atom. The summed E-state index contributed by atoms with van der Waals surface area (Å²) < 4.78 is 37.3. The average molecular weight is 308 g/mol. The molecule has 1 unspecified atom stereocenters. The molecule has 0 aromatic heterocycles. The van der Waals surface area contributed by atoms with Gasteiger partial charge in [-0.3, -0.25) is 4.79 Å². The molecule has 8 heteroatoms. The molecule has 1 atom stereocenters. The lowest BCUT2D eigenvalue weighted by Gasteiger charge is -2.28. The van der Waals surface area contributed by atoms with Gasteiger partial charge >= 0.3 is 18.2 Å². The molecule has 2 amide bonds. The van der Waals surface area contributed by atoms with Crippen LogP contribution in [0.1, 0.15) is 20.3 Å². The largest absolute Gasteiger partial charge is 0.481 e. The first-order valence-corrected chi connectivity index (χ1v) is 6.64. The molecule has 0 aromatic carbocycles. The summed E-state index contributed by atoms with van der Waals surface area (Å²) in [6, 6.07) is -0.542. The molecule has 0 bridgehead atoms. The minimum Gasteiger partial charge on any atom is -0.481 e. The number of nitrogens with one attached hydrogen (secondary N) is 1. The smallest absolute Gasteiger partial charge is 0.412 e. The summed E-state index contributed by atoms with van der Waals surface area (Å²) in [6.07, 6.45) is -3.61. The minimum atomic E-state index is -4.35. The van der Waals surface area contributed by atoms with E-state index in [1.807, 2.05) is 0 Å². The van der Waals surface area contributed by atoms with Gasteiger partial charge in [-0.2, -0.15) is 13.2 Å².